The highest BCUT2D eigenvalue weighted by molar-refractivity contribution is 5.87. The standard InChI is InChI=1S/C27H29F3N6O4/c1-16(37)32-25-12-20(6-8-31-25)40-19-4-5-21-22(11-19)35(2)26(34-21)33-18-10-17(27(28,29)30)13-36(14-18)23-15-39-9-7-24(23)38-3/h4-6,8,10-13,23-24H,7,9,14-15H2,1-3H3,(H,33,34)(H,31,32,37). The fourth-order valence-corrected chi connectivity index (χ4v) is 4.77. The lowest BCUT2D eigenvalue weighted by atomic mass is 10.0. The van der Waals surface area contributed by atoms with Gasteiger partial charge in [-0.3, -0.25) is 4.79 Å². The second-order valence-corrected chi connectivity index (χ2v) is 9.56. The number of fused-ring (bicyclic) bond motifs is 1. The number of methoxy groups -OCH3 is 1. The predicted octanol–water partition coefficient (Wildman–Crippen LogP) is 4.58. The first-order valence-corrected chi connectivity index (χ1v) is 12.6. The maximum Gasteiger partial charge on any atom is 0.417 e. The summed E-state index contributed by atoms with van der Waals surface area (Å²) in [7, 11) is 3.32. The lowest BCUT2D eigenvalue weighted by Crippen LogP contribution is -2.50. The number of aromatic nitrogens is 3. The molecule has 2 N–H and O–H groups in total. The van der Waals surface area contributed by atoms with Gasteiger partial charge in [0.1, 0.15) is 17.3 Å². The smallest absolute Gasteiger partial charge is 0.417 e. The summed E-state index contributed by atoms with van der Waals surface area (Å²) < 4.78 is 60.3. The third kappa shape index (κ3) is 6.05. The summed E-state index contributed by atoms with van der Waals surface area (Å²) >= 11 is 0. The first-order valence-electron chi connectivity index (χ1n) is 12.6. The van der Waals surface area contributed by atoms with E-state index in [9.17, 15) is 18.0 Å². The minimum atomic E-state index is -4.53. The van der Waals surface area contributed by atoms with Gasteiger partial charge in [-0.25, -0.2) is 9.97 Å². The van der Waals surface area contributed by atoms with E-state index < -0.39 is 11.7 Å². The van der Waals surface area contributed by atoms with Gasteiger partial charge in [0.2, 0.25) is 11.9 Å². The Balaban J connectivity index is 1.38. The Morgan fingerprint density at radius 3 is 2.75 bits per heavy atom. The van der Waals surface area contributed by atoms with Crippen molar-refractivity contribution >= 4 is 28.7 Å². The van der Waals surface area contributed by atoms with Crippen LogP contribution in [0.15, 0.2) is 60.1 Å². The van der Waals surface area contributed by atoms with Crippen LogP contribution in [0.25, 0.3) is 11.0 Å². The van der Waals surface area contributed by atoms with Crippen LogP contribution in [-0.4, -0.2) is 70.5 Å². The number of imidazole rings is 1. The van der Waals surface area contributed by atoms with Gasteiger partial charge < -0.3 is 34.3 Å². The van der Waals surface area contributed by atoms with E-state index >= 15 is 0 Å². The largest absolute Gasteiger partial charge is 0.457 e. The van der Waals surface area contributed by atoms with Crippen LogP contribution in [0.3, 0.4) is 0 Å². The lowest BCUT2D eigenvalue weighted by molar-refractivity contribution is -0.114. The van der Waals surface area contributed by atoms with E-state index in [-0.39, 0.29) is 31.2 Å². The Morgan fingerprint density at radius 1 is 1.20 bits per heavy atom. The molecule has 0 aliphatic carbocycles. The van der Waals surface area contributed by atoms with Crippen molar-refractivity contribution in [3.63, 3.8) is 0 Å². The number of benzene rings is 1. The van der Waals surface area contributed by atoms with E-state index in [4.69, 9.17) is 14.2 Å². The van der Waals surface area contributed by atoms with Crippen LogP contribution in [0.2, 0.25) is 0 Å². The van der Waals surface area contributed by atoms with Gasteiger partial charge in [-0.05, 0) is 30.7 Å². The molecule has 0 radical (unpaired) electrons. The van der Waals surface area contributed by atoms with Gasteiger partial charge in [0.05, 0.1) is 41.9 Å². The summed E-state index contributed by atoms with van der Waals surface area (Å²) in [4.78, 5) is 21.6. The molecular formula is C27H29F3N6O4. The van der Waals surface area contributed by atoms with Gasteiger partial charge in [-0.2, -0.15) is 13.2 Å². The molecule has 1 fully saturated rings. The Hall–Kier alpha value is -4.10. The molecule has 0 saturated carbocycles. The Kier molecular flexibility index (Phi) is 7.68. The van der Waals surface area contributed by atoms with Crippen molar-refractivity contribution in [3.8, 4) is 11.5 Å². The molecule has 4 heterocycles. The van der Waals surface area contributed by atoms with Crippen LogP contribution < -0.4 is 15.4 Å². The van der Waals surface area contributed by atoms with Crippen LogP contribution in [-0.2, 0) is 21.3 Å². The number of anilines is 2. The first-order chi connectivity index (χ1) is 19.1. The third-order valence-electron chi connectivity index (χ3n) is 6.70. The number of pyridine rings is 1. The number of nitrogens with one attached hydrogen (secondary N) is 2. The van der Waals surface area contributed by atoms with Gasteiger partial charge in [0.25, 0.3) is 0 Å². The van der Waals surface area contributed by atoms with Crippen molar-refractivity contribution in [2.45, 2.75) is 31.7 Å². The second kappa shape index (κ2) is 11.2. The number of allylic oxidation sites excluding steroid dienone is 2. The first kappa shape index (κ1) is 27.5. The molecule has 0 bridgehead atoms. The SMILES string of the molecule is COC1CCOCC1N1C=C(C(F)(F)F)C=C(Nc2nc3ccc(Oc4ccnc(NC(C)=O)c4)cc3n2C)C1. The highest BCUT2D eigenvalue weighted by atomic mass is 19.4. The second-order valence-electron chi connectivity index (χ2n) is 9.56. The number of aryl methyl sites for hydroxylation is 1. The van der Waals surface area contributed by atoms with E-state index in [2.05, 4.69) is 20.6 Å². The molecule has 10 nitrogen and oxygen atoms in total. The normalized spacial score (nSPS) is 19.7. The summed E-state index contributed by atoms with van der Waals surface area (Å²) in [6.07, 6.45) is -0.429. The van der Waals surface area contributed by atoms with Crippen LogP contribution in [0.5, 0.6) is 11.5 Å². The summed E-state index contributed by atoms with van der Waals surface area (Å²) in [5, 5.41) is 5.70. The van der Waals surface area contributed by atoms with Gasteiger partial charge in [0.15, 0.2) is 0 Å². The zero-order valence-corrected chi connectivity index (χ0v) is 22.2. The van der Waals surface area contributed by atoms with E-state index in [0.29, 0.717) is 53.0 Å². The lowest BCUT2D eigenvalue weighted by Gasteiger charge is -2.40. The van der Waals surface area contributed by atoms with E-state index in [1.54, 1.807) is 54.0 Å². The summed E-state index contributed by atoms with van der Waals surface area (Å²) in [6.45, 7) is 2.36. The van der Waals surface area contributed by atoms with Gasteiger partial charge in [0, 0.05) is 57.9 Å². The molecule has 0 spiro atoms. The van der Waals surface area contributed by atoms with E-state index in [1.807, 2.05) is 0 Å². The van der Waals surface area contributed by atoms with Crippen molar-refractivity contribution in [2.75, 3.05) is 37.5 Å². The molecule has 40 heavy (non-hydrogen) atoms. The molecule has 212 valence electrons. The summed E-state index contributed by atoms with van der Waals surface area (Å²) in [5.74, 6) is 1.47. The Bertz CT molecular complexity index is 1470. The van der Waals surface area contributed by atoms with Gasteiger partial charge in [-0.1, -0.05) is 0 Å². The van der Waals surface area contributed by atoms with Gasteiger partial charge >= 0.3 is 6.18 Å². The Labute approximate surface area is 228 Å². The maximum absolute atomic E-state index is 13.8. The van der Waals surface area contributed by atoms with Crippen molar-refractivity contribution in [2.24, 2.45) is 7.05 Å². The highest BCUT2D eigenvalue weighted by Crippen LogP contribution is 2.33. The predicted molar refractivity (Wildman–Crippen MR) is 142 cm³/mol. The summed E-state index contributed by atoms with van der Waals surface area (Å²) in [5.41, 5.74) is 0.904. The quantitative estimate of drug-likeness (QED) is 0.435. The van der Waals surface area contributed by atoms with E-state index in [1.165, 1.54) is 13.1 Å². The summed E-state index contributed by atoms with van der Waals surface area (Å²) in [6, 6.07) is 8.16. The minimum absolute atomic E-state index is 0.198. The zero-order valence-electron chi connectivity index (χ0n) is 22.2. The topological polar surface area (TPSA) is 103 Å². The number of amides is 1. The molecule has 1 amide bonds. The molecule has 1 aromatic carbocycles. The zero-order chi connectivity index (χ0) is 28.4. The van der Waals surface area contributed by atoms with Crippen LogP contribution in [0.1, 0.15) is 13.3 Å². The average molecular weight is 559 g/mol. The van der Waals surface area contributed by atoms with Crippen molar-refractivity contribution < 1.29 is 32.2 Å². The number of alkyl halides is 3. The van der Waals surface area contributed by atoms with Crippen molar-refractivity contribution in [3.05, 3.63) is 60.1 Å². The van der Waals surface area contributed by atoms with Crippen LogP contribution in [0, 0.1) is 0 Å². The third-order valence-corrected chi connectivity index (χ3v) is 6.70. The number of halogens is 3. The number of carbonyl (C=O) groups is 1. The number of carbonyl (C=O) groups excluding carboxylic acids is 1. The number of ether oxygens (including phenoxy) is 3. The Morgan fingerprint density at radius 2 is 2.00 bits per heavy atom. The number of hydrogen-bond acceptors (Lipinski definition) is 8. The fraction of sp³-hybridized carbons (Fsp3) is 0.370. The molecule has 5 rings (SSSR count). The van der Waals surface area contributed by atoms with Crippen molar-refractivity contribution in [1.82, 2.24) is 19.4 Å². The number of hydrogen-bond donors (Lipinski definition) is 2. The average Bonchev–Trinajstić information content (AvgIpc) is 3.22. The van der Waals surface area contributed by atoms with Crippen molar-refractivity contribution in [1.29, 1.82) is 0 Å². The maximum atomic E-state index is 13.8. The van der Waals surface area contributed by atoms with Gasteiger partial charge in [-0.15, -0.1) is 0 Å². The molecule has 2 aliphatic heterocycles. The molecule has 1 saturated heterocycles. The molecule has 2 aromatic heterocycles. The molecule has 2 atom stereocenters. The molecule has 3 aromatic rings. The molecule has 2 unspecified atom stereocenters. The van der Waals surface area contributed by atoms with E-state index in [0.717, 1.165) is 12.3 Å². The minimum Gasteiger partial charge on any atom is -0.457 e. The molecular weight excluding hydrogens is 529 g/mol. The highest BCUT2D eigenvalue weighted by Gasteiger charge is 2.38. The molecule has 2 aliphatic rings. The number of rotatable bonds is 7. The molecule has 13 heteroatoms. The van der Waals surface area contributed by atoms with Crippen LogP contribution >= 0.6 is 0 Å². The fourth-order valence-electron chi connectivity index (χ4n) is 4.77. The number of nitrogens with zero attached hydrogens (tertiary/aromatic N) is 4. The monoisotopic (exact) mass is 558 g/mol. The van der Waals surface area contributed by atoms with Crippen LogP contribution in [0.4, 0.5) is 24.9 Å².